The Bertz CT molecular complexity index is 1120. The minimum absolute atomic E-state index is 0.0376. The maximum Gasteiger partial charge on any atom is 0.289 e. The van der Waals surface area contributed by atoms with Gasteiger partial charge < -0.3 is 0 Å². The molecule has 0 fully saturated rings. The van der Waals surface area contributed by atoms with Gasteiger partial charge in [-0.25, -0.2) is 5.43 Å². The van der Waals surface area contributed by atoms with Crippen LogP contribution in [0.4, 0.5) is 5.69 Å². The van der Waals surface area contributed by atoms with Gasteiger partial charge in [0.25, 0.3) is 11.6 Å². The van der Waals surface area contributed by atoms with Crippen LogP contribution in [0.5, 0.6) is 0 Å². The SMILES string of the molecule is O=C(NN=Cc1ccc(Cl)c([N+](=O)[O-])c1)c1[nH]nc2c1CCc1ccccc1-2. The number of amides is 1. The van der Waals surface area contributed by atoms with Crippen LogP contribution < -0.4 is 5.43 Å². The molecule has 8 nitrogen and oxygen atoms in total. The van der Waals surface area contributed by atoms with Crippen molar-refractivity contribution < 1.29 is 9.72 Å². The second kappa shape index (κ2) is 7.24. The molecule has 4 rings (SSSR count). The maximum atomic E-state index is 12.5. The molecule has 1 heterocycles. The average Bonchev–Trinajstić information content (AvgIpc) is 3.13. The monoisotopic (exact) mass is 395 g/mol. The van der Waals surface area contributed by atoms with Crippen LogP contribution in [-0.2, 0) is 12.8 Å². The van der Waals surface area contributed by atoms with Gasteiger partial charge >= 0.3 is 0 Å². The molecule has 0 aliphatic heterocycles. The molecular formula is C19H14ClN5O3. The number of H-pyrrole nitrogens is 1. The zero-order valence-electron chi connectivity index (χ0n) is 14.5. The number of nitrogens with zero attached hydrogens (tertiary/aromatic N) is 3. The molecule has 0 saturated heterocycles. The number of hydrazone groups is 1. The molecule has 1 amide bonds. The molecule has 0 bridgehead atoms. The molecule has 2 N–H and O–H groups in total. The van der Waals surface area contributed by atoms with Crippen LogP contribution in [0.15, 0.2) is 47.6 Å². The number of carbonyl (C=O) groups excluding carboxylic acids is 1. The Balaban J connectivity index is 1.52. The van der Waals surface area contributed by atoms with Crippen molar-refractivity contribution in [3.63, 3.8) is 0 Å². The molecule has 140 valence electrons. The van der Waals surface area contributed by atoms with Crippen LogP contribution in [0.3, 0.4) is 0 Å². The average molecular weight is 396 g/mol. The van der Waals surface area contributed by atoms with Crippen LogP contribution in [-0.4, -0.2) is 27.2 Å². The number of nitrogens with one attached hydrogen (secondary N) is 2. The molecule has 0 spiro atoms. The Labute approximate surface area is 164 Å². The van der Waals surface area contributed by atoms with Gasteiger partial charge in [-0.3, -0.25) is 20.0 Å². The van der Waals surface area contributed by atoms with E-state index in [0.717, 1.165) is 23.2 Å². The summed E-state index contributed by atoms with van der Waals surface area (Å²) in [6.45, 7) is 0. The van der Waals surface area contributed by atoms with Crippen molar-refractivity contribution in [2.45, 2.75) is 12.8 Å². The van der Waals surface area contributed by atoms with E-state index < -0.39 is 10.8 Å². The van der Waals surface area contributed by atoms with Gasteiger partial charge in [0.05, 0.1) is 16.8 Å². The number of hydrogen-bond donors (Lipinski definition) is 2. The van der Waals surface area contributed by atoms with Crippen molar-refractivity contribution in [1.29, 1.82) is 0 Å². The number of carbonyl (C=O) groups is 1. The van der Waals surface area contributed by atoms with Gasteiger partial charge in [0.2, 0.25) is 0 Å². The molecular weight excluding hydrogens is 382 g/mol. The summed E-state index contributed by atoms with van der Waals surface area (Å²) in [5, 5.41) is 21.9. The van der Waals surface area contributed by atoms with E-state index in [0.29, 0.717) is 17.7 Å². The first kappa shape index (κ1) is 17.9. The Morgan fingerprint density at radius 1 is 1.29 bits per heavy atom. The molecule has 28 heavy (non-hydrogen) atoms. The van der Waals surface area contributed by atoms with E-state index >= 15 is 0 Å². The van der Waals surface area contributed by atoms with Gasteiger partial charge in [0.15, 0.2) is 0 Å². The number of aryl methyl sites for hydroxylation is 1. The van der Waals surface area contributed by atoms with Crippen molar-refractivity contribution in [3.05, 3.63) is 80.0 Å². The van der Waals surface area contributed by atoms with Crippen molar-refractivity contribution in [2.24, 2.45) is 5.10 Å². The second-order valence-corrected chi connectivity index (χ2v) is 6.66. The fraction of sp³-hybridized carbons (Fsp3) is 0.105. The molecule has 0 atom stereocenters. The largest absolute Gasteiger partial charge is 0.289 e. The van der Waals surface area contributed by atoms with E-state index in [9.17, 15) is 14.9 Å². The topological polar surface area (TPSA) is 113 Å². The highest BCUT2D eigenvalue weighted by molar-refractivity contribution is 6.32. The van der Waals surface area contributed by atoms with E-state index in [4.69, 9.17) is 11.6 Å². The molecule has 0 saturated carbocycles. The Hall–Kier alpha value is -3.52. The lowest BCUT2D eigenvalue weighted by Gasteiger charge is -2.15. The molecule has 0 unspecified atom stereocenters. The van der Waals surface area contributed by atoms with Crippen molar-refractivity contribution in [2.75, 3.05) is 0 Å². The van der Waals surface area contributed by atoms with Crippen LogP contribution >= 0.6 is 11.6 Å². The number of nitro benzene ring substituents is 1. The molecule has 0 radical (unpaired) electrons. The summed E-state index contributed by atoms with van der Waals surface area (Å²) in [6, 6.07) is 12.2. The zero-order valence-corrected chi connectivity index (χ0v) is 15.2. The third kappa shape index (κ3) is 3.25. The Kier molecular flexibility index (Phi) is 4.62. The maximum absolute atomic E-state index is 12.5. The van der Waals surface area contributed by atoms with E-state index in [2.05, 4.69) is 26.8 Å². The highest BCUT2D eigenvalue weighted by atomic mass is 35.5. The molecule has 1 aromatic heterocycles. The molecule has 2 aromatic carbocycles. The number of fused-ring (bicyclic) bond motifs is 3. The normalized spacial score (nSPS) is 12.5. The summed E-state index contributed by atoms with van der Waals surface area (Å²) < 4.78 is 0. The summed E-state index contributed by atoms with van der Waals surface area (Å²) in [7, 11) is 0. The third-order valence-electron chi connectivity index (χ3n) is 4.56. The van der Waals surface area contributed by atoms with Gasteiger partial charge in [-0.05, 0) is 24.5 Å². The van der Waals surface area contributed by atoms with Crippen LogP contribution in [0, 0.1) is 10.1 Å². The highest BCUT2D eigenvalue weighted by Gasteiger charge is 2.24. The predicted molar refractivity (Wildman–Crippen MR) is 105 cm³/mol. The molecule has 1 aliphatic carbocycles. The van der Waals surface area contributed by atoms with E-state index in [1.54, 1.807) is 6.07 Å². The summed E-state index contributed by atoms with van der Waals surface area (Å²) in [6.07, 6.45) is 2.86. The third-order valence-corrected chi connectivity index (χ3v) is 4.88. The van der Waals surface area contributed by atoms with E-state index in [-0.39, 0.29) is 10.7 Å². The Morgan fingerprint density at radius 3 is 2.93 bits per heavy atom. The van der Waals surface area contributed by atoms with Crippen LogP contribution in [0.1, 0.15) is 27.2 Å². The predicted octanol–water partition coefficient (Wildman–Crippen LogP) is 3.50. The first-order chi connectivity index (χ1) is 13.5. The first-order valence-corrected chi connectivity index (χ1v) is 8.85. The lowest BCUT2D eigenvalue weighted by atomic mass is 9.89. The fourth-order valence-corrected chi connectivity index (χ4v) is 3.41. The summed E-state index contributed by atoms with van der Waals surface area (Å²) >= 11 is 5.78. The van der Waals surface area contributed by atoms with Gasteiger partial charge in [0, 0.05) is 22.8 Å². The molecule has 1 aliphatic rings. The lowest BCUT2D eigenvalue weighted by molar-refractivity contribution is -0.384. The lowest BCUT2D eigenvalue weighted by Crippen LogP contribution is -2.20. The number of rotatable bonds is 4. The number of halogens is 1. The smallest absolute Gasteiger partial charge is 0.272 e. The van der Waals surface area contributed by atoms with Gasteiger partial charge in [-0.2, -0.15) is 10.2 Å². The van der Waals surface area contributed by atoms with E-state index in [1.165, 1.54) is 23.9 Å². The van der Waals surface area contributed by atoms with Crippen LogP contribution in [0.25, 0.3) is 11.3 Å². The summed E-state index contributed by atoms with van der Waals surface area (Å²) in [5.41, 5.74) is 6.88. The Morgan fingerprint density at radius 2 is 2.11 bits per heavy atom. The fourth-order valence-electron chi connectivity index (χ4n) is 3.22. The van der Waals surface area contributed by atoms with Gasteiger partial charge in [-0.1, -0.05) is 41.9 Å². The zero-order chi connectivity index (χ0) is 19.7. The quantitative estimate of drug-likeness (QED) is 0.399. The van der Waals surface area contributed by atoms with Crippen molar-refractivity contribution in [1.82, 2.24) is 15.6 Å². The number of benzene rings is 2. The minimum Gasteiger partial charge on any atom is -0.272 e. The number of nitro groups is 1. The number of aromatic amines is 1. The summed E-state index contributed by atoms with van der Waals surface area (Å²) in [5.74, 6) is -0.423. The first-order valence-electron chi connectivity index (χ1n) is 8.47. The number of hydrogen-bond acceptors (Lipinski definition) is 5. The van der Waals surface area contributed by atoms with E-state index in [1.807, 2.05) is 18.2 Å². The standard InChI is InChI=1S/C19H14ClN5O3/c20-15-8-5-11(9-16(15)25(27)28)10-21-24-19(26)18-14-7-6-12-3-1-2-4-13(12)17(14)22-23-18/h1-5,8-10H,6-7H2,(H,22,23)(H,24,26). The summed E-state index contributed by atoms with van der Waals surface area (Å²) in [4.78, 5) is 22.8. The van der Waals surface area contributed by atoms with Gasteiger partial charge in [-0.15, -0.1) is 0 Å². The molecule has 3 aromatic rings. The number of aromatic nitrogens is 2. The minimum atomic E-state index is -0.576. The van der Waals surface area contributed by atoms with Crippen LogP contribution in [0.2, 0.25) is 5.02 Å². The van der Waals surface area contributed by atoms with Crippen molar-refractivity contribution >= 4 is 29.4 Å². The second-order valence-electron chi connectivity index (χ2n) is 6.25. The van der Waals surface area contributed by atoms with Crippen molar-refractivity contribution in [3.8, 4) is 11.3 Å². The molecule has 9 heteroatoms. The highest BCUT2D eigenvalue weighted by Crippen LogP contribution is 2.33. The van der Waals surface area contributed by atoms with Gasteiger partial charge in [0.1, 0.15) is 10.7 Å².